The van der Waals surface area contributed by atoms with Gasteiger partial charge in [-0.1, -0.05) is 41.6 Å². The van der Waals surface area contributed by atoms with Crippen LogP contribution < -0.4 is 10.9 Å². The number of hydrogen-bond donors (Lipinski definition) is 1. The number of halogens is 2. The maximum atomic E-state index is 13.5. The Morgan fingerprint density at radius 1 is 1.22 bits per heavy atom. The van der Waals surface area contributed by atoms with Gasteiger partial charge in [0.1, 0.15) is 10.6 Å². The van der Waals surface area contributed by atoms with E-state index in [4.69, 9.17) is 16.6 Å². The van der Waals surface area contributed by atoms with Crippen molar-refractivity contribution in [1.29, 1.82) is 0 Å². The third kappa shape index (κ3) is 3.94. The molecule has 0 spiro atoms. The molecule has 2 heterocycles. The third-order valence-electron chi connectivity index (χ3n) is 5.26. The van der Waals surface area contributed by atoms with Crippen LogP contribution in [0.2, 0.25) is 5.02 Å². The standard InChI is InChI=1S/C23H17ClFN3O2S2/c24-16-11-13(9-10-17(16)25)26-19(29)12-31-23-27-21-20(15-7-4-8-18(15)32-21)22(30)28(23)14-5-2-1-3-6-14/h1-3,5-6,9-11H,4,7-8,12H2,(H,26,29). The normalized spacial score (nSPS) is 12.8. The molecular weight excluding hydrogens is 469 g/mol. The molecule has 32 heavy (non-hydrogen) atoms. The van der Waals surface area contributed by atoms with E-state index in [0.29, 0.717) is 21.9 Å². The summed E-state index contributed by atoms with van der Waals surface area (Å²) in [5.74, 6) is -0.822. The number of rotatable bonds is 5. The molecule has 9 heteroatoms. The van der Waals surface area contributed by atoms with Crippen LogP contribution in [-0.2, 0) is 17.6 Å². The predicted octanol–water partition coefficient (Wildman–Crippen LogP) is 5.46. The lowest BCUT2D eigenvalue weighted by atomic mass is 10.2. The number of nitrogens with zero attached hydrogens (tertiary/aromatic N) is 2. The first-order valence-electron chi connectivity index (χ1n) is 10.0. The second-order valence-corrected chi connectivity index (χ2v) is 9.81. The average Bonchev–Trinajstić information content (AvgIpc) is 3.36. The average molecular weight is 486 g/mol. The SMILES string of the molecule is O=C(CSc1nc2sc3c(c2c(=O)n1-c1ccccc1)CCC3)Nc1ccc(F)c(Cl)c1. The minimum absolute atomic E-state index is 0.0326. The number of nitrogens with one attached hydrogen (secondary N) is 1. The number of carbonyl (C=O) groups is 1. The number of carbonyl (C=O) groups excluding carboxylic acids is 1. The van der Waals surface area contributed by atoms with Crippen molar-refractivity contribution < 1.29 is 9.18 Å². The van der Waals surface area contributed by atoms with Gasteiger partial charge in [0.2, 0.25) is 5.91 Å². The molecule has 0 saturated heterocycles. The lowest BCUT2D eigenvalue weighted by Gasteiger charge is -2.12. The number of anilines is 1. The van der Waals surface area contributed by atoms with Gasteiger partial charge in [0.05, 0.1) is 21.8 Å². The van der Waals surface area contributed by atoms with Gasteiger partial charge in [-0.05, 0) is 55.2 Å². The molecule has 5 nitrogen and oxygen atoms in total. The van der Waals surface area contributed by atoms with E-state index in [1.807, 2.05) is 30.3 Å². The topological polar surface area (TPSA) is 64.0 Å². The first-order chi connectivity index (χ1) is 15.5. The van der Waals surface area contributed by atoms with Crippen molar-refractivity contribution >= 4 is 56.5 Å². The summed E-state index contributed by atoms with van der Waals surface area (Å²) in [7, 11) is 0. The van der Waals surface area contributed by atoms with Crippen molar-refractivity contribution in [2.45, 2.75) is 24.4 Å². The van der Waals surface area contributed by atoms with E-state index < -0.39 is 5.82 Å². The quantitative estimate of drug-likeness (QED) is 0.301. The fourth-order valence-corrected chi connectivity index (χ4v) is 6.12. The van der Waals surface area contributed by atoms with Gasteiger partial charge in [-0.3, -0.25) is 14.2 Å². The van der Waals surface area contributed by atoms with E-state index in [-0.39, 0.29) is 22.2 Å². The lowest BCUT2D eigenvalue weighted by Crippen LogP contribution is -2.23. The van der Waals surface area contributed by atoms with Crippen LogP contribution in [0.25, 0.3) is 15.9 Å². The lowest BCUT2D eigenvalue weighted by molar-refractivity contribution is -0.113. The van der Waals surface area contributed by atoms with Crippen molar-refractivity contribution in [3.63, 3.8) is 0 Å². The number of thiophene rings is 1. The van der Waals surface area contributed by atoms with Crippen molar-refractivity contribution in [2.24, 2.45) is 0 Å². The summed E-state index contributed by atoms with van der Waals surface area (Å²) >= 11 is 8.54. The number of fused-ring (bicyclic) bond motifs is 3. The molecule has 0 fully saturated rings. The van der Waals surface area contributed by atoms with E-state index in [9.17, 15) is 14.0 Å². The van der Waals surface area contributed by atoms with Crippen LogP contribution in [0.1, 0.15) is 16.9 Å². The Hall–Kier alpha value is -2.68. The van der Waals surface area contributed by atoms with Crippen LogP contribution in [0.3, 0.4) is 0 Å². The van der Waals surface area contributed by atoms with Gasteiger partial charge in [0.25, 0.3) is 5.56 Å². The van der Waals surface area contributed by atoms with E-state index in [2.05, 4.69) is 5.32 Å². The van der Waals surface area contributed by atoms with E-state index in [0.717, 1.165) is 29.7 Å². The summed E-state index contributed by atoms with van der Waals surface area (Å²) in [5.41, 5.74) is 2.13. The van der Waals surface area contributed by atoms with Gasteiger partial charge in [-0.25, -0.2) is 9.37 Å². The third-order valence-corrected chi connectivity index (χ3v) is 7.67. The highest BCUT2D eigenvalue weighted by Gasteiger charge is 2.24. The largest absolute Gasteiger partial charge is 0.325 e. The van der Waals surface area contributed by atoms with Crippen molar-refractivity contribution in [1.82, 2.24) is 9.55 Å². The van der Waals surface area contributed by atoms with Crippen molar-refractivity contribution in [2.75, 3.05) is 11.1 Å². The van der Waals surface area contributed by atoms with Gasteiger partial charge in [-0.15, -0.1) is 11.3 Å². The number of thioether (sulfide) groups is 1. The van der Waals surface area contributed by atoms with E-state index in [1.54, 1.807) is 15.9 Å². The Kier molecular flexibility index (Phi) is 5.75. The molecule has 1 N–H and O–H groups in total. The van der Waals surface area contributed by atoms with Crippen LogP contribution in [0.5, 0.6) is 0 Å². The summed E-state index contributed by atoms with van der Waals surface area (Å²) < 4.78 is 14.9. The van der Waals surface area contributed by atoms with Gasteiger partial charge >= 0.3 is 0 Å². The number of hydrogen-bond acceptors (Lipinski definition) is 5. The Morgan fingerprint density at radius 3 is 2.81 bits per heavy atom. The fourth-order valence-electron chi connectivity index (χ4n) is 3.83. The first kappa shape index (κ1) is 21.2. The highest BCUT2D eigenvalue weighted by Crippen LogP contribution is 2.36. The monoisotopic (exact) mass is 485 g/mol. The van der Waals surface area contributed by atoms with Gasteiger partial charge < -0.3 is 5.32 Å². The summed E-state index contributed by atoms with van der Waals surface area (Å²) in [6.07, 6.45) is 2.94. The Bertz CT molecular complexity index is 1400. The summed E-state index contributed by atoms with van der Waals surface area (Å²) in [6.45, 7) is 0. The molecule has 0 radical (unpaired) electrons. The Balaban J connectivity index is 1.48. The summed E-state index contributed by atoms with van der Waals surface area (Å²) in [6, 6.07) is 13.3. The molecule has 1 aliphatic rings. The van der Waals surface area contributed by atoms with Gasteiger partial charge in [0, 0.05) is 10.6 Å². The Labute approximate surface area is 196 Å². The van der Waals surface area contributed by atoms with Crippen LogP contribution in [0.15, 0.2) is 58.5 Å². The number of aromatic nitrogens is 2. The van der Waals surface area contributed by atoms with Crippen LogP contribution in [0.4, 0.5) is 10.1 Å². The van der Waals surface area contributed by atoms with Crippen LogP contribution >= 0.6 is 34.7 Å². The number of amides is 1. The highest BCUT2D eigenvalue weighted by molar-refractivity contribution is 7.99. The molecule has 5 rings (SSSR count). The maximum Gasteiger partial charge on any atom is 0.267 e. The van der Waals surface area contributed by atoms with Crippen molar-refractivity contribution in [3.8, 4) is 5.69 Å². The second kappa shape index (κ2) is 8.69. The first-order valence-corrected chi connectivity index (χ1v) is 12.2. The fraction of sp³-hybridized carbons (Fsp3) is 0.174. The van der Waals surface area contributed by atoms with Crippen molar-refractivity contribution in [3.05, 3.63) is 80.2 Å². The summed E-state index contributed by atoms with van der Waals surface area (Å²) in [4.78, 5) is 32.8. The summed E-state index contributed by atoms with van der Waals surface area (Å²) in [5, 5.41) is 3.79. The molecular formula is C23H17ClFN3O2S2. The number of para-hydroxylation sites is 1. The minimum Gasteiger partial charge on any atom is -0.325 e. The smallest absolute Gasteiger partial charge is 0.267 e. The molecule has 2 aromatic heterocycles. The molecule has 162 valence electrons. The zero-order valence-corrected chi connectivity index (χ0v) is 19.1. The van der Waals surface area contributed by atoms with Gasteiger partial charge in [0.15, 0.2) is 5.16 Å². The zero-order valence-electron chi connectivity index (χ0n) is 16.7. The molecule has 0 unspecified atom stereocenters. The molecule has 0 atom stereocenters. The number of benzene rings is 2. The predicted molar refractivity (Wildman–Crippen MR) is 128 cm³/mol. The van der Waals surface area contributed by atoms with Crippen LogP contribution in [-0.4, -0.2) is 21.2 Å². The molecule has 1 amide bonds. The molecule has 0 saturated carbocycles. The molecule has 4 aromatic rings. The molecule has 0 aliphatic heterocycles. The highest BCUT2D eigenvalue weighted by atomic mass is 35.5. The molecule has 2 aromatic carbocycles. The minimum atomic E-state index is -0.550. The zero-order chi connectivity index (χ0) is 22.2. The Morgan fingerprint density at radius 2 is 2.03 bits per heavy atom. The van der Waals surface area contributed by atoms with E-state index in [1.165, 1.54) is 34.8 Å². The maximum absolute atomic E-state index is 13.5. The second-order valence-electron chi connectivity index (χ2n) is 7.37. The number of aryl methyl sites for hydroxylation is 2. The van der Waals surface area contributed by atoms with Gasteiger partial charge in [-0.2, -0.15) is 0 Å². The molecule has 0 bridgehead atoms. The molecule has 1 aliphatic carbocycles. The van der Waals surface area contributed by atoms with E-state index >= 15 is 0 Å². The van der Waals surface area contributed by atoms with Crippen LogP contribution in [0, 0.1) is 5.82 Å².